The molecule has 0 amide bonds. The van der Waals surface area contributed by atoms with Crippen LogP contribution in [0.1, 0.15) is 5.56 Å². The third-order valence-corrected chi connectivity index (χ3v) is 1.46. The van der Waals surface area contributed by atoms with Gasteiger partial charge in [-0.15, -0.1) is 0 Å². The van der Waals surface area contributed by atoms with Crippen LogP contribution in [0.5, 0.6) is 5.75 Å². The first-order valence-corrected chi connectivity index (χ1v) is 10.5. The Hall–Kier alpha value is 0.123. The van der Waals surface area contributed by atoms with E-state index in [-0.39, 0.29) is 0 Å². The van der Waals surface area contributed by atoms with Crippen LogP contribution in [0, 0.1) is 6.92 Å². The van der Waals surface area contributed by atoms with Crippen molar-refractivity contribution >= 4 is 13.6 Å². The molecule has 0 heterocycles. The number of hydrogen-bond acceptors (Lipinski definition) is 1. The van der Waals surface area contributed by atoms with E-state index in [1.165, 1.54) is 16.3 Å². The molecule has 0 N–H and O–H groups in total. The van der Waals surface area contributed by atoms with E-state index in [0.717, 1.165) is 17.7 Å². The minimum atomic E-state index is 0.782. The Bertz CT molecular complexity index is 192. The Labute approximate surface area is 90.5 Å². The van der Waals surface area contributed by atoms with Gasteiger partial charge in [0.15, 0.2) is 0 Å². The van der Waals surface area contributed by atoms with Gasteiger partial charge in [0.05, 0.1) is 7.11 Å². The molecule has 0 aromatic heterocycles. The van der Waals surface area contributed by atoms with Gasteiger partial charge in [0.1, 0.15) is 5.75 Å². The van der Waals surface area contributed by atoms with Gasteiger partial charge in [0.2, 0.25) is 0 Å². The van der Waals surface area contributed by atoms with E-state index in [0.29, 0.717) is 0 Å². The minimum absolute atomic E-state index is 0.782. The van der Waals surface area contributed by atoms with E-state index in [9.17, 15) is 0 Å². The van der Waals surface area contributed by atoms with E-state index in [1.54, 1.807) is 7.11 Å². The molecule has 1 rings (SSSR count). The van der Waals surface area contributed by atoms with Crippen LogP contribution in [0.15, 0.2) is 24.3 Å². The first-order chi connectivity index (χ1) is 5.88. The summed E-state index contributed by atoms with van der Waals surface area (Å²) < 4.78 is 5.10. The van der Waals surface area contributed by atoms with Gasteiger partial charge in [-0.2, -0.15) is 6.42 Å². The molecule has 0 fully saturated rings. The first kappa shape index (κ1) is 12.1. The third-order valence-electron chi connectivity index (χ3n) is 1.46. The van der Waals surface area contributed by atoms with Crippen molar-refractivity contribution in [2.75, 3.05) is 7.11 Å². The van der Waals surface area contributed by atoms with E-state index >= 15 is 0 Å². The van der Waals surface area contributed by atoms with E-state index in [2.05, 4.69) is 20.5 Å². The summed E-state index contributed by atoms with van der Waals surface area (Å²) in [6.45, 7) is 3.78. The van der Waals surface area contributed by atoms with Crippen molar-refractivity contribution in [1.82, 2.24) is 0 Å². The predicted molar refractivity (Wildman–Crippen MR) is 51.0 cm³/mol. The van der Waals surface area contributed by atoms with Gasteiger partial charge in [-0.1, -0.05) is 18.2 Å². The summed E-state index contributed by atoms with van der Waals surface area (Å²) in [5.41, 5.74) is 1.16. The van der Waals surface area contributed by atoms with Gasteiger partial charge in [0.25, 0.3) is 0 Å². The Morgan fingerprint density at radius 2 is 2.00 bits per heavy atom. The molecule has 12 heavy (non-hydrogen) atoms. The molecule has 0 aliphatic carbocycles. The third kappa shape index (κ3) is 3.68. The fourth-order valence-corrected chi connectivity index (χ4v) is 0.910. The molecular formula is C9H11BrOZn. The zero-order valence-electron chi connectivity index (χ0n) is 7.22. The summed E-state index contributed by atoms with van der Waals surface area (Å²) in [4.78, 5) is 0. The molecule has 0 radical (unpaired) electrons. The van der Waals surface area contributed by atoms with Gasteiger partial charge < -0.3 is 11.7 Å². The van der Waals surface area contributed by atoms with Crippen LogP contribution >= 0.6 is 13.6 Å². The van der Waals surface area contributed by atoms with Crippen LogP contribution in [0.25, 0.3) is 0 Å². The maximum absolute atomic E-state index is 5.10. The van der Waals surface area contributed by atoms with Crippen molar-refractivity contribution < 1.29 is 21.1 Å². The predicted octanol–water partition coefficient (Wildman–Crippen LogP) is 2.91. The summed E-state index contributed by atoms with van der Waals surface area (Å²) in [7, 11) is 1.68. The van der Waals surface area contributed by atoms with E-state index in [1.807, 2.05) is 24.3 Å². The van der Waals surface area contributed by atoms with Crippen LogP contribution in [-0.4, -0.2) is 7.11 Å². The molecule has 3 heteroatoms. The molecule has 0 atom stereocenters. The number of halogens is 1. The number of benzene rings is 1. The van der Waals surface area contributed by atoms with Gasteiger partial charge in [-0.25, -0.2) is 0 Å². The van der Waals surface area contributed by atoms with Crippen molar-refractivity contribution in [3.05, 3.63) is 36.8 Å². The number of rotatable bonds is 2. The summed E-state index contributed by atoms with van der Waals surface area (Å²) in [5, 5.41) is 0. The molecular weight excluding hydrogens is 269 g/mol. The Morgan fingerprint density at radius 1 is 1.42 bits per heavy atom. The molecule has 0 saturated heterocycles. The summed E-state index contributed by atoms with van der Waals surface area (Å²) in [6, 6.07) is 7.91. The zero-order chi connectivity index (χ0) is 9.40. The molecule has 0 aliphatic rings. The second-order valence-corrected chi connectivity index (χ2v) is 2.06. The van der Waals surface area contributed by atoms with Gasteiger partial charge in [-0.05, 0) is 11.6 Å². The summed E-state index contributed by atoms with van der Waals surface area (Å²) in [6.07, 6.45) is 0.782. The average Bonchev–Trinajstić information content (AvgIpc) is 2.20. The molecule has 0 aliphatic heterocycles. The number of methoxy groups -OCH3 is 1. The van der Waals surface area contributed by atoms with Crippen LogP contribution < -0.4 is 4.74 Å². The second kappa shape index (κ2) is 7.76. The van der Waals surface area contributed by atoms with Crippen molar-refractivity contribution in [1.29, 1.82) is 0 Å². The first-order valence-electron chi connectivity index (χ1n) is 3.56. The number of hydrogen-bond donors (Lipinski definition) is 0. The van der Waals surface area contributed by atoms with Crippen LogP contribution in [0.3, 0.4) is 0 Å². The van der Waals surface area contributed by atoms with Crippen LogP contribution in [0.2, 0.25) is 0 Å². The summed E-state index contributed by atoms with van der Waals surface area (Å²) in [5.74, 6) is 0.928. The molecule has 1 nitrogen and oxygen atoms in total. The maximum atomic E-state index is 5.10. The van der Waals surface area contributed by atoms with Crippen LogP contribution in [-0.2, 0) is 22.8 Å². The Morgan fingerprint density at radius 3 is 2.42 bits per heavy atom. The number of para-hydroxylation sites is 1. The van der Waals surface area contributed by atoms with Gasteiger partial charge in [-0.3, -0.25) is 0 Å². The van der Waals surface area contributed by atoms with E-state index in [4.69, 9.17) is 4.74 Å². The Balaban J connectivity index is 0.000000561. The van der Waals surface area contributed by atoms with E-state index < -0.39 is 0 Å². The summed E-state index contributed by atoms with van der Waals surface area (Å²) >= 11 is 4.25. The topological polar surface area (TPSA) is 9.23 Å². The normalized spacial score (nSPS) is 8.42. The monoisotopic (exact) mass is 278 g/mol. The van der Waals surface area contributed by atoms with Crippen molar-refractivity contribution in [2.45, 2.75) is 6.42 Å². The van der Waals surface area contributed by atoms with Crippen LogP contribution in [0.4, 0.5) is 0 Å². The molecule has 1 aromatic carbocycles. The Kier molecular flexibility index (Phi) is 7.84. The molecule has 0 spiro atoms. The molecule has 1 aromatic rings. The van der Waals surface area contributed by atoms with Gasteiger partial charge in [0, 0.05) is 0 Å². The standard InChI is InChI=1S/C9H11O.BrH.Zn/c1-3-8-6-4-5-7-9(8)10-2;;/h4-7H,1,3H2,2H3;1H;/q-1;;+2/p-1. The number of ether oxygens (including phenoxy) is 1. The fourth-order valence-electron chi connectivity index (χ4n) is 0.910. The quantitative estimate of drug-likeness (QED) is 0.598. The van der Waals surface area contributed by atoms with Gasteiger partial charge >= 0.3 is 30.0 Å². The SMILES string of the molecule is [CH2-]Cc1ccccc1OC.[Zn+][Br]. The molecule has 62 valence electrons. The molecule has 0 bridgehead atoms. The molecule has 0 unspecified atom stereocenters. The van der Waals surface area contributed by atoms with Crippen molar-refractivity contribution in [2.24, 2.45) is 0 Å². The molecule has 0 saturated carbocycles. The zero-order valence-corrected chi connectivity index (χ0v) is 11.8. The fraction of sp³-hybridized carbons (Fsp3) is 0.222. The van der Waals surface area contributed by atoms with Crippen molar-refractivity contribution in [3.63, 3.8) is 0 Å². The average molecular weight is 280 g/mol. The second-order valence-electron chi connectivity index (χ2n) is 2.06. The van der Waals surface area contributed by atoms with Crippen molar-refractivity contribution in [3.8, 4) is 5.75 Å².